The van der Waals surface area contributed by atoms with E-state index >= 15 is 0 Å². The van der Waals surface area contributed by atoms with Gasteiger partial charge < -0.3 is 4.18 Å². The smallest absolute Gasteiger partial charge is 0.370 e. The fourth-order valence-corrected chi connectivity index (χ4v) is 1.51. The number of rotatable bonds is 2. The second-order valence-electron chi connectivity index (χ2n) is 2.01. The Hall–Kier alpha value is -0.590. The predicted octanol–water partition coefficient (Wildman–Crippen LogP) is 1.03. The van der Waals surface area contributed by atoms with Crippen molar-refractivity contribution in [3.8, 4) is 5.75 Å². The minimum Gasteiger partial charge on any atom is -0.370 e. The van der Waals surface area contributed by atoms with E-state index in [1.807, 2.05) is 0 Å². The number of halogens is 1. The van der Waals surface area contributed by atoms with Crippen LogP contribution in [-0.4, -0.2) is 8.42 Å². The first kappa shape index (κ1) is 9.50. The highest BCUT2D eigenvalue weighted by molar-refractivity contribution is 9.10. The summed E-state index contributed by atoms with van der Waals surface area (Å²) in [4.78, 5) is 0. The van der Waals surface area contributed by atoms with E-state index in [0.717, 1.165) is 0 Å². The summed E-state index contributed by atoms with van der Waals surface area (Å²) in [7, 11) is -3.93. The summed E-state index contributed by atoms with van der Waals surface area (Å²) in [6.45, 7) is 0. The SMILES string of the molecule is NS(=O)(=O)Oc1ccccc1Br. The van der Waals surface area contributed by atoms with Crippen LogP contribution in [-0.2, 0) is 10.3 Å². The maximum atomic E-state index is 10.5. The molecule has 0 aromatic heterocycles. The quantitative estimate of drug-likeness (QED) is 0.854. The molecule has 6 heteroatoms. The molecule has 4 nitrogen and oxygen atoms in total. The minimum absolute atomic E-state index is 0.181. The van der Waals surface area contributed by atoms with Gasteiger partial charge in [0.2, 0.25) is 0 Å². The molecule has 0 aliphatic rings. The summed E-state index contributed by atoms with van der Waals surface area (Å²) in [5, 5.41) is 4.67. The molecule has 0 radical (unpaired) electrons. The van der Waals surface area contributed by atoms with Gasteiger partial charge in [-0.2, -0.15) is 13.6 Å². The summed E-state index contributed by atoms with van der Waals surface area (Å²) in [6, 6.07) is 6.53. The summed E-state index contributed by atoms with van der Waals surface area (Å²) in [5.74, 6) is 0.181. The van der Waals surface area contributed by atoms with Crippen LogP contribution >= 0.6 is 15.9 Å². The van der Waals surface area contributed by atoms with Gasteiger partial charge in [0.25, 0.3) is 0 Å². The maximum absolute atomic E-state index is 10.5. The number of hydrogen-bond acceptors (Lipinski definition) is 3. The largest absolute Gasteiger partial charge is 0.380 e. The average molecular weight is 252 g/mol. The van der Waals surface area contributed by atoms with Crippen LogP contribution < -0.4 is 9.32 Å². The van der Waals surface area contributed by atoms with E-state index in [1.54, 1.807) is 18.2 Å². The van der Waals surface area contributed by atoms with Crippen LogP contribution in [0.1, 0.15) is 0 Å². The van der Waals surface area contributed by atoms with E-state index in [2.05, 4.69) is 25.3 Å². The van der Waals surface area contributed by atoms with Crippen LogP contribution in [0.3, 0.4) is 0 Å². The van der Waals surface area contributed by atoms with E-state index in [-0.39, 0.29) is 5.75 Å². The second-order valence-corrected chi connectivity index (χ2v) is 4.01. The predicted molar refractivity (Wildman–Crippen MR) is 47.9 cm³/mol. The Morgan fingerprint density at radius 2 is 1.92 bits per heavy atom. The highest BCUT2D eigenvalue weighted by Gasteiger charge is 2.06. The molecule has 0 aliphatic heterocycles. The Morgan fingerprint density at radius 3 is 2.42 bits per heavy atom. The van der Waals surface area contributed by atoms with Gasteiger partial charge >= 0.3 is 10.3 Å². The lowest BCUT2D eigenvalue weighted by molar-refractivity contribution is 0.486. The van der Waals surface area contributed by atoms with Gasteiger partial charge in [-0.25, -0.2) is 0 Å². The van der Waals surface area contributed by atoms with Crippen LogP contribution in [0.15, 0.2) is 28.7 Å². The van der Waals surface area contributed by atoms with E-state index in [4.69, 9.17) is 0 Å². The number of hydrogen-bond donors (Lipinski definition) is 1. The fourth-order valence-electron chi connectivity index (χ4n) is 0.637. The highest BCUT2D eigenvalue weighted by atomic mass is 79.9. The molecule has 0 saturated heterocycles. The molecule has 0 heterocycles. The molecule has 66 valence electrons. The molecule has 0 bridgehead atoms. The van der Waals surface area contributed by atoms with Crippen LogP contribution in [0.25, 0.3) is 0 Å². The first-order valence-corrected chi connectivity index (χ1v) is 5.22. The molecule has 0 fully saturated rings. The van der Waals surface area contributed by atoms with Crippen molar-refractivity contribution in [3.63, 3.8) is 0 Å². The number of para-hydroxylation sites is 1. The van der Waals surface area contributed by atoms with Crippen molar-refractivity contribution < 1.29 is 12.6 Å². The first-order valence-electron chi connectivity index (χ1n) is 2.96. The van der Waals surface area contributed by atoms with Crippen LogP contribution in [0.4, 0.5) is 0 Å². The lowest BCUT2D eigenvalue weighted by Crippen LogP contribution is -2.19. The number of benzene rings is 1. The molecule has 0 aliphatic carbocycles. The second kappa shape index (κ2) is 3.42. The molecule has 0 unspecified atom stereocenters. The van der Waals surface area contributed by atoms with E-state index in [1.165, 1.54) is 6.07 Å². The zero-order valence-electron chi connectivity index (χ0n) is 5.90. The Bertz CT molecular complexity index is 376. The van der Waals surface area contributed by atoms with E-state index in [0.29, 0.717) is 4.47 Å². The fraction of sp³-hybridized carbons (Fsp3) is 0. The van der Waals surface area contributed by atoms with Gasteiger partial charge in [0.1, 0.15) is 0 Å². The lowest BCUT2D eigenvalue weighted by Gasteiger charge is -2.02. The first-order chi connectivity index (χ1) is 5.49. The van der Waals surface area contributed by atoms with Crippen molar-refractivity contribution in [3.05, 3.63) is 28.7 Å². The van der Waals surface area contributed by atoms with Gasteiger partial charge in [0.15, 0.2) is 5.75 Å². The van der Waals surface area contributed by atoms with Gasteiger partial charge in [-0.1, -0.05) is 12.1 Å². The molecule has 1 aromatic carbocycles. The zero-order valence-corrected chi connectivity index (χ0v) is 8.30. The lowest BCUT2D eigenvalue weighted by atomic mass is 10.3. The third-order valence-corrected chi connectivity index (χ3v) is 2.11. The Balaban J connectivity index is 2.98. The van der Waals surface area contributed by atoms with Gasteiger partial charge in [-0.15, -0.1) is 0 Å². The van der Waals surface area contributed by atoms with Gasteiger partial charge in [-0.05, 0) is 28.1 Å². The average Bonchev–Trinajstić information content (AvgIpc) is 1.91. The molecule has 2 N–H and O–H groups in total. The minimum atomic E-state index is -3.93. The molecular formula is C6H6BrNO3S. The maximum Gasteiger partial charge on any atom is 0.380 e. The Labute approximate surface area is 78.7 Å². The molecule has 1 aromatic rings. The van der Waals surface area contributed by atoms with Gasteiger partial charge in [0.05, 0.1) is 4.47 Å². The standard InChI is InChI=1S/C6H6BrNO3S/c7-5-3-1-2-4-6(5)11-12(8,9)10/h1-4H,(H2,8,9,10). The highest BCUT2D eigenvalue weighted by Crippen LogP contribution is 2.24. The summed E-state index contributed by atoms with van der Waals surface area (Å²) >= 11 is 3.10. The third kappa shape index (κ3) is 2.80. The van der Waals surface area contributed by atoms with Crippen molar-refractivity contribution in [2.45, 2.75) is 0 Å². The van der Waals surface area contributed by atoms with Crippen molar-refractivity contribution in [1.82, 2.24) is 0 Å². The third-order valence-electron chi connectivity index (χ3n) is 1.04. The Kier molecular flexibility index (Phi) is 2.71. The van der Waals surface area contributed by atoms with E-state index < -0.39 is 10.3 Å². The molecule has 0 saturated carbocycles. The molecule has 1 rings (SSSR count). The van der Waals surface area contributed by atoms with Crippen LogP contribution in [0.5, 0.6) is 5.75 Å². The van der Waals surface area contributed by atoms with Gasteiger partial charge in [-0.3, -0.25) is 0 Å². The van der Waals surface area contributed by atoms with Gasteiger partial charge in [0, 0.05) is 0 Å². The summed E-state index contributed by atoms with van der Waals surface area (Å²) in [6.07, 6.45) is 0. The van der Waals surface area contributed by atoms with Crippen molar-refractivity contribution >= 4 is 26.2 Å². The number of nitrogens with two attached hydrogens (primary N) is 1. The summed E-state index contributed by atoms with van der Waals surface area (Å²) in [5.41, 5.74) is 0. The van der Waals surface area contributed by atoms with Crippen molar-refractivity contribution in [1.29, 1.82) is 0 Å². The molecule has 0 atom stereocenters. The topological polar surface area (TPSA) is 69.4 Å². The summed E-state index contributed by atoms with van der Waals surface area (Å²) < 4.78 is 26.0. The monoisotopic (exact) mass is 251 g/mol. The van der Waals surface area contributed by atoms with Crippen molar-refractivity contribution in [2.75, 3.05) is 0 Å². The molecular weight excluding hydrogens is 246 g/mol. The molecule has 0 spiro atoms. The Morgan fingerprint density at radius 1 is 1.33 bits per heavy atom. The normalized spacial score (nSPS) is 11.2. The van der Waals surface area contributed by atoms with Crippen LogP contribution in [0, 0.1) is 0 Å². The zero-order chi connectivity index (χ0) is 9.19. The van der Waals surface area contributed by atoms with E-state index in [9.17, 15) is 8.42 Å². The van der Waals surface area contributed by atoms with Crippen molar-refractivity contribution in [2.24, 2.45) is 5.14 Å². The molecule has 0 amide bonds. The molecule has 12 heavy (non-hydrogen) atoms. The van der Waals surface area contributed by atoms with Crippen LogP contribution in [0.2, 0.25) is 0 Å².